The van der Waals surface area contributed by atoms with Gasteiger partial charge in [0.2, 0.25) is 5.91 Å². The molecule has 4 N–H and O–H groups in total. The summed E-state index contributed by atoms with van der Waals surface area (Å²) in [7, 11) is 0. The number of carboxylic acids is 1. The van der Waals surface area contributed by atoms with Crippen molar-refractivity contribution in [1.29, 1.82) is 0 Å². The standard InChI is InChI=1S/C28H48N2O4.C3H3F3O2/c1-17(2)14-22(29)26(34)30-13-12-28(4)19(16-30)15-23(31)25-20-9-8-18(6-5-7-24(32)33)27(20,3)11-10-21(25)28;1-2(7)8-3(4,5)6/h17-23,25,31H,5-16,29H2,1-4H3,(H,32,33);1H3. The molecule has 9 atom stereocenters. The quantitative estimate of drug-likeness (QED) is 0.334. The van der Waals surface area contributed by atoms with Gasteiger partial charge in [-0.25, -0.2) is 0 Å². The highest BCUT2D eigenvalue weighted by molar-refractivity contribution is 5.81. The molecule has 242 valence electrons. The minimum Gasteiger partial charge on any atom is -0.481 e. The van der Waals surface area contributed by atoms with Crippen LogP contribution in [0.5, 0.6) is 0 Å². The van der Waals surface area contributed by atoms with Crippen LogP contribution in [-0.2, 0) is 19.1 Å². The van der Waals surface area contributed by atoms with E-state index in [1.54, 1.807) is 0 Å². The molecule has 0 bridgehead atoms. The molecule has 8 nitrogen and oxygen atoms in total. The van der Waals surface area contributed by atoms with Gasteiger partial charge in [0, 0.05) is 26.4 Å². The average Bonchev–Trinajstić information content (AvgIpc) is 3.18. The SMILES string of the molecule is CC(=O)OC(F)(F)F.CC(C)CC(N)C(=O)N1CCC2(C)C(CC(O)C3C4CCC(CCCC(=O)O)C4(C)CCC32)C1. The highest BCUT2D eigenvalue weighted by Crippen LogP contribution is 2.67. The van der Waals surface area contributed by atoms with Crippen LogP contribution in [0.4, 0.5) is 13.2 Å². The molecule has 0 radical (unpaired) electrons. The lowest BCUT2D eigenvalue weighted by Crippen LogP contribution is -2.62. The Hall–Kier alpha value is -1.88. The lowest BCUT2D eigenvalue weighted by Gasteiger charge is -2.62. The summed E-state index contributed by atoms with van der Waals surface area (Å²) in [6.07, 6.45) is 4.10. The molecule has 42 heavy (non-hydrogen) atoms. The Bertz CT molecular complexity index is 977. The largest absolute Gasteiger partial charge is 0.575 e. The number of carbonyl (C=O) groups is 3. The van der Waals surface area contributed by atoms with Gasteiger partial charge in [0.1, 0.15) is 0 Å². The van der Waals surface area contributed by atoms with Crippen molar-refractivity contribution in [1.82, 2.24) is 4.90 Å². The molecule has 0 aromatic rings. The number of carboxylic acid groups (broad SMARTS) is 1. The zero-order chi connectivity index (χ0) is 31.6. The first-order valence-electron chi connectivity index (χ1n) is 15.6. The number of amides is 1. The van der Waals surface area contributed by atoms with Gasteiger partial charge in [-0.15, -0.1) is 13.2 Å². The van der Waals surface area contributed by atoms with Crippen molar-refractivity contribution < 1.29 is 42.5 Å². The van der Waals surface area contributed by atoms with E-state index in [1.807, 2.05) is 4.90 Å². The Kier molecular flexibility index (Phi) is 11.0. The van der Waals surface area contributed by atoms with Crippen LogP contribution in [0, 0.1) is 46.3 Å². The number of hydrogen-bond acceptors (Lipinski definition) is 6. The number of esters is 1. The van der Waals surface area contributed by atoms with Crippen molar-refractivity contribution in [2.75, 3.05) is 13.1 Å². The summed E-state index contributed by atoms with van der Waals surface area (Å²) in [4.78, 5) is 35.6. The van der Waals surface area contributed by atoms with Crippen LogP contribution in [0.3, 0.4) is 0 Å². The molecular formula is C31H51F3N2O6. The van der Waals surface area contributed by atoms with Gasteiger partial charge in [-0.1, -0.05) is 27.7 Å². The molecule has 4 fully saturated rings. The van der Waals surface area contributed by atoms with Gasteiger partial charge < -0.3 is 25.6 Å². The molecule has 11 heteroatoms. The topological polar surface area (TPSA) is 130 Å². The van der Waals surface area contributed by atoms with E-state index in [-0.39, 0.29) is 29.3 Å². The fourth-order valence-corrected chi connectivity index (χ4v) is 9.22. The number of aliphatic carboxylic acids is 1. The molecule has 0 aromatic carbocycles. The molecule has 1 amide bonds. The van der Waals surface area contributed by atoms with Gasteiger partial charge in [0.05, 0.1) is 12.1 Å². The Balaban J connectivity index is 0.000000531. The lowest BCUT2D eigenvalue weighted by atomic mass is 9.45. The fraction of sp³-hybridized carbons (Fsp3) is 0.903. The number of rotatable bonds is 7. The number of aliphatic hydroxyl groups excluding tert-OH is 1. The number of piperidine rings is 1. The molecule has 3 aliphatic carbocycles. The van der Waals surface area contributed by atoms with E-state index in [0.29, 0.717) is 42.4 Å². The minimum atomic E-state index is -4.83. The number of hydrogen-bond donors (Lipinski definition) is 3. The number of nitrogens with zero attached hydrogens (tertiary/aromatic N) is 1. The van der Waals surface area contributed by atoms with E-state index in [9.17, 15) is 32.7 Å². The maximum Gasteiger partial charge on any atom is 0.575 e. The number of likely N-dealkylation sites (tertiary alicyclic amines) is 1. The van der Waals surface area contributed by atoms with E-state index >= 15 is 0 Å². The van der Waals surface area contributed by atoms with Gasteiger partial charge in [-0.2, -0.15) is 0 Å². The van der Waals surface area contributed by atoms with E-state index in [0.717, 1.165) is 51.6 Å². The van der Waals surface area contributed by atoms with Crippen LogP contribution >= 0.6 is 0 Å². The van der Waals surface area contributed by atoms with Gasteiger partial charge in [0.25, 0.3) is 0 Å². The number of fused-ring (bicyclic) bond motifs is 5. The van der Waals surface area contributed by atoms with Crippen molar-refractivity contribution in [3.8, 4) is 0 Å². The molecular weight excluding hydrogens is 553 g/mol. The first-order chi connectivity index (χ1) is 19.4. The number of alkyl halides is 3. The number of ether oxygens (including phenoxy) is 1. The van der Waals surface area contributed by atoms with Gasteiger partial charge in [-0.05, 0) is 104 Å². The molecule has 3 saturated carbocycles. The number of halogens is 3. The first kappa shape index (κ1) is 34.6. The molecule has 1 aliphatic heterocycles. The van der Waals surface area contributed by atoms with E-state index in [1.165, 1.54) is 19.3 Å². The Morgan fingerprint density at radius 2 is 1.71 bits per heavy atom. The highest BCUT2D eigenvalue weighted by atomic mass is 19.4. The van der Waals surface area contributed by atoms with Crippen LogP contribution < -0.4 is 5.73 Å². The molecule has 0 aromatic heterocycles. The van der Waals surface area contributed by atoms with Crippen molar-refractivity contribution in [3.05, 3.63) is 0 Å². The Labute approximate surface area is 247 Å². The lowest BCUT2D eigenvalue weighted by molar-refractivity contribution is -0.304. The smallest absolute Gasteiger partial charge is 0.481 e. The van der Waals surface area contributed by atoms with Crippen LogP contribution in [0.25, 0.3) is 0 Å². The predicted molar refractivity (Wildman–Crippen MR) is 151 cm³/mol. The van der Waals surface area contributed by atoms with Gasteiger partial charge in [0.15, 0.2) is 0 Å². The van der Waals surface area contributed by atoms with Crippen LogP contribution in [-0.4, -0.2) is 64.6 Å². The van der Waals surface area contributed by atoms with Crippen molar-refractivity contribution in [2.45, 2.75) is 117 Å². The molecule has 4 rings (SSSR count). The third-order valence-electron chi connectivity index (χ3n) is 11.2. The summed E-state index contributed by atoms with van der Waals surface area (Å²) in [5, 5.41) is 20.6. The summed E-state index contributed by atoms with van der Waals surface area (Å²) < 4.78 is 35.4. The molecule has 1 heterocycles. The second-order valence-electron chi connectivity index (χ2n) is 14.2. The summed E-state index contributed by atoms with van der Waals surface area (Å²) in [6.45, 7) is 11.3. The molecule has 4 aliphatic rings. The number of aliphatic hydroxyl groups is 1. The summed E-state index contributed by atoms with van der Waals surface area (Å²) in [5.74, 6) is 0.757. The molecule has 9 unspecified atom stereocenters. The number of carbonyl (C=O) groups excluding carboxylic acids is 2. The zero-order valence-electron chi connectivity index (χ0n) is 25.8. The highest BCUT2D eigenvalue weighted by Gasteiger charge is 2.62. The average molecular weight is 605 g/mol. The van der Waals surface area contributed by atoms with E-state index in [2.05, 4.69) is 32.4 Å². The normalized spacial score (nSPS) is 36.6. The monoisotopic (exact) mass is 604 g/mol. The van der Waals surface area contributed by atoms with E-state index in [4.69, 9.17) is 10.8 Å². The fourth-order valence-electron chi connectivity index (χ4n) is 9.22. The van der Waals surface area contributed by atoms with E-state index < -0.39 is 24.3 Å². The maximum atomic E-state index is 13.0. The van der Waals surface area contributed by atoms with Crippen molar-refractivity contribution >= 4 is 17.8 Å². The first-order valence-corrected chi connectivity index (χ1v) is 15.6. The van der Waals surface area contributed by atoms with Crippen molar-refractivity contribution in [3.63, 3.8) is 0 Å². The maximum absolute atomic E-state index is 13.0. The third kappa shape index (κ3) is 7.79. The summed E-state index contributed by atoms with van der Waals surface area (Å²) in [5.41, 5.74) is 6.65. The number of nitrogens with two attached hydrogens (primary N) is 1. The second kappa shape index (κ2) is 13.4. The van der Waals surface area contributed by atoms with Crippen LogP contribution in [0.1, 0.15) is 98.8 Å². The third-order valence-corrected chi connectivity index (χ3v) is 11.2. The minimum absolute atomic E-state index is 0.0866. The second-order valence-corrected chi connectivity index (χ2v) is 14.2. The predicted octanol–water partition coefficient (Wildman–Crippen LogP) is 5.36. The van der Waals surface area contributed by atoms with Crippen LogP contribution in [0.2, 0.25) is 0 Å². The summed E-state index contributed by atoms with van der Waals surface area (Å²) >= 11 is 0. The molecule has 1 saturated heterocycles. The van der Waals surface area contributed by atoms with Crippen LogP contribution in [0.15, 0.2) is 0 Å². The van der Waals surface area contributed by atoms with Crippen molar-refractivity contribution in [2.24, 2.45) is 52.1 Å². The van der Waals surface area contributed by atoms with Gasteiger partial charge in [-0.3, -0.25) is 14.4 Å². The molecule has 0 spiro atoms. The Morgan fingerprint density at radius 1 is 1.07 bits per heavy atom. The Morgan fingerprint density at radius 3 is 2.26 bits per heavy atom. The van der Waals surface area contributed by atoms with Gasteiger partial charge >= 0.3 is 18.3 Å². The summed E-state index contributed by atoms with van der Waals surface area (Å²) in [6, 6.07) is -0.419. The zero-order valence-corrected chi connectivity index (χ0v) is 25.8.